The van der Waals surface area contributed by atoms with Crippen molar-refractivity contribution in [3.63, 3.8) is 0 Å². The number of thiophene rings is 1. The summed E-state index contributed by atoms with van der Waals surface area (Å²) < 4.78 is 5.45. The molecule has 0 saturated carbocycles. The molecule has 3 heterocycles. The number of rotatable bonds is 4. The first-order valence-electron chi connectivity index (χ1n) is 6.97. The number of nitrogens with zero attached hydrogens (tertiary/aromatic N) is 2. The summed E-state index contributed by atoms with van der Waals surface area (Å²) in [6, 6.07) is 2.48. The van der Waals surface area contributed by atoms with Gasteiger partial charge in [-0.3, -0.25) is 0 Å². The summed E-state index contributed by atoms with van der Waals surface area (Å²) in [7, 11) is 0. The van der Waals surface area contributed by atoms with Gasteiger partial charge in [0.1, 0.15) is 10.6 Å². The van der Waals surface area contributed by atoms with Crippen molar-refractivity contribution < 1.29 is 4.74 Å². The van der Waals surface area contributed by atoms with Gasteiger partial charge in [0.05, 0.1) is 12.0 Å². The number of aromatic nitrogens is 2. The summed E-state index contributed by atoms with van der Waals surface area (Å²) in [6.07, 6.45) is 2.10. The van der Waals surface area contributed by atoms with Gasteiger partial charge in [0.25, 0.3) is 0 Å². The Balaban J connectivity index is 1.91. The third-order valence-corrected chi connectivity index (χ3v) is 5.14. The lowest BCUT2D eigenvalue weighted by molar-refractivity contribution is 0.183. The first-order chi connectivity index (χ1) is 9.67. The molecule has 0 spiro atoms. The number of halogens is 1. The van der Waals surface area contributed by atoms with Crippen molar-refractivity contribution >= 4 is 39.0 Å². The number of nitrogens with one attached hydrogen (secondary N) is 1. The maximum Gasteiger partial charge on any atom is 0.225 e. The van der Waals surface area contributed by atoms with Gasteiger partial charge in [-0.1, -0.05) is 6.92 Å². The quantitative estimate of drug-likeness (QED) is 0.874. The Kier molecular flexibility index (Phi) is 4.10. The lowest BCUT2D eigenvalue weighted by Gasteiger charge is -2.20. The highest BCUT2D eigenvalue weighted by Gasteiger charge is 2.23. The van der Waals surface area contributed by atoms with Gasteiger partial charge in [0.2, 0.25) is 5.28 Å². The van der Waals surface area contributed by atoms with Gasteiger partial charge >= 0.3 is 0 Å². The van der Waals surface area contributed by atoms with E-state index in [0.29, 0.717) is 17.2 Å². The highest BCUT2D eigenvalue weighted by Crippen LogP contribution is 2.31. The van der Waals surface area contributed by atoms with Crippen molar-refractivity contribution in [2.75, 3.05) is 18.5 Å². The van der Waals surface area contributed by atoms with Gasteiger partial charge < -0.3 is 10.1 Å². The monoisotopic (exact) mass is 311 g/mol. The number of aryl methyl sites for hydroxylation is 1. The minimum atomic E-state index is 0.305. The SMILES string of the molecule is CCc1cc2c(NC(C)C3CCOC3)nc(Cl)nc2s1. The summed E-state index contributed by atoms with van der Waals surface area (Å²) in [5, 5.41) is 4.87. The zero-order valence-electron chi connectivity index (χ0n) is 11.6. The van der Waals surface area contributed by atoms with E-state index in [0.717, 1.165) is 42.1 Å². The molecule has 2 unspecified atom stereocenters. The van der Waals surface area contributed by atoms with Crippen LogP contribution in [0, 0.1) is 5.92 Å². The fourth-order valence-electron chi connectivity index (χ4n) is 2.51. The second kappa shape index (κ2) is 5.84. The van der Waals surface area contributed by atoms with Crippen molar-refractivity contribution in [2.24, 2.45) is 5.92 Å². The highest BCUT2D eigenvalue weighted by atomic mass is 35.5. The Hall–Kier alpha value is -0.910. The van der Waals surface area contributed by atoms with Crippen molar-refractivity contribution in [1.82, 2.24) is 9.97 Å². The molecule has 3 rings (SSSR count). The van der Waals surface area contributed by atoms with E-state index in [9.17, 15) is 0 Å². The van der Waals surface area contributed by atoms with Crippen molar-refractivity contribution in [1.29, 1.82) is 0 Å². The van der Waals surface area contributed by atoms with Gasteiger partial charge in [-0.2, -0.15) is 0 Å². The Labute approximate surface area is 127 Å². The molecular formula is C14H18ClN3OS. The smallest absolute Gasteiger partial charge is 0.225 e. The summed E-state index contributed by atoms with van der Waals surface area (Å²) in [4.78, 5) is 10.9. The first kappa shape index (κ1) is 14.0. The average Bonchev–Trinajstić information content (AvgIpc) is 3.07. The summed E-state index contributed by atoms with van der Waals surface area (Å²) in [6.45, 7) is 5.99. The van der Waals surface area contributed by atoms with E-state index in [4.69, 9.17) is 16.3 Å². The van der Waals surface area contributed by atoms with Crippen LogP contribution in [0.3, 0.4) is 0 Å². The lowest BCUT2D eigenvalue weighted by Crippen LogP contribution is -2.26. The van der Waals surface area contributed by atoms with E-state index < -0.39 is 0 Å². The Morgan fingerprint density at radius 2 is 2.40 bits per heavy atom. The molecule has 6 heteroatoms. The Bertz CT molecular complexity index is 610. The molecule has 0 amide bonds. The molecule has 1 aliphatic heterocycles. The largest absolute Gasteiger partial charge is 0.381 e. The highest BCUT2D eigenvalue weighted by molar-refractivity contribution is 7.18. The van der Waals surface area contributed by atoms with Crippen LogP contribution in [0.15, 0.2) is 6.07 Å². The molecule has 2 aromatic rings. The molecular weight excluding hydrogens is 294 g/mol. The fraction of sp³-hybridized carbons (Fsp3) is 0.571. The van der Waals surface area contributed by atoms with Gasteiger partial charge in [-0.25, -0.2) is 9.97 Å². The second-order valence-corrected chi connectivity index (χ2v) is 6.64. The number of anilines is 1. The van der Waals surface area contributed by atoms with Gasteiger partial charge in [0, 0.05) is 23.4 Å². The third-order valence-electron chi connectivity index (χ3n) is 3.80. The van der Waals surface area contributed by atoms with Crippen LogP contribution in [0.2, 0.25) is 5.28 Å². The molecule has 1 aliphatic rings. The van der Waals surface area contributed by atoms with E-state index in [2.05, 4.69) is 35.2 Å². The first-order valence-corrected chi connectivity index (χ1v) is 8.17. The van der Waals surface area contributed by atoms with Gasteiger partial charge in [-0.15, -0.1) is 11.3 Å². The van der Waals surface area contributed by atoms with Gasteiger partial charge in [0.15, 0.2) is 0 Å². The molecule has 1 saturated heterocycles. The molecule has 0 radical (unpaired) electrons. The molecule has 2 atom stereocenters. The van der Waals surface area contributed by atoms with E-state index >= 15 is 0 Å². The zero-order chi connectivity index (χ0) is 14.1. The minimum absolute atomic E-state index is 0.305. The van der Waals surface area contributed by atoms with E-state index in [1.165, 1.54) is 4.88 Å². The second-order valence-electron chi connectivity index (χ2n) is 5.18. The Morgan fingerprint density at radius 1 is 1.55 bits per heavy atom. The van der Waals surface area contributed by atoms with Gasteiger partial charge in [-0.05, 0) is 37.4 Å². The zero-order valence-corrected chi connectivity index (χ0v) is 13.2. The van der Waals surface area contributed by atoms with Crippen LogP contribution in [0.5, 0.6) is 0 Å². The number of fused-ring (bicyclic) bond motifs is 1. The van der Waals surface area contributed by atoms with E-state index in [1.54, 1.807) is 11.3 Å². The van der Waals surface area contributed by atoms with Crippen LogP contribution >= 0.6 is 22.9 Å². The van der Waals surface area contributed by atoms with E-state index in [-0.39, 0.29) is 0 Å². The number of hydrogen-bond acceptors (Lipinski definition) is 5. The van der Waals surface area contributed by atoms with Crippen LogP contribution in [0.25, 0.3) is 10.2 Å². The molecule has 2 aromatic heterocycles. The van der Waals surface area contributed by atoms with Crippen molar-refractivity contribution in [3.8, 4) is 0 Å². The molecule has 0 bridgehead atoms. The average molecular weight is 312 g/mol. The predicted molar refractivity (Wildman–Crippen MR) is 83.8 cm³/mol. The van der Waals surface area contributed by atoms with E-state index in [1.807, 2.05) is 0 Å². The fourth-order valence-corrected chi connectivity index (χ4v) is 3.70. The number of ether oxygens (including phenoxy) is 1. The summed E-state index contributed by atoms with van der Waals surface area (Å²) in [5.41, 5.74) is 0. The molecule has 4 nitrogen and oxygen atoms in total. The minimum Gasteiger partial charge on any atom is -0.381 e. The molecule has 20 heavy (non-hydrogen) atoms. The maximum absolute atomic E-state index is 6.04. The van der Waals surface area contributed by atoms with Crippen LogP contribution in [0.1, 0.15) is 25.1 Å². The van der Waals surface area contributed by atoms with Crippen LogP contribution in [-0.2, 0) is 11.2 Å². The molecule has 0 aromatic carbocycles. The van der Waals surface area contributed by atoms with Crippen LogP contribution in [0.4, 0.5) is 5.82 Å². The summed E-state index contributed by atoms with van der Waals surface area (Å²) >= 11 is 7.72. The number of hydrogen-bond donors (Lipinski definition) is 1. The topological polar surface area (TPSA) is 47.0 Å². The predicted octanol–water partition coefficient (Wildman–Crippen LogP) is 3.74. The molecule has 108 valence electrons. The lowest BCUT2D eigenvalue weighted by atomic mass is 10.0. The molecule has 0 aliphatic carbocycles. The van der Waals surface area contributed by atoms with Crippen molar-refractivity contribution in [2.45, 2.75) is 32.7 Å². The third kappa shape index (κ3) is 2.75. The maximum atomic E-state index is 6.04. The molecule has 1 fully saturated rings. The van der Waals surface area contributed by atoms with Crippen LogP contribution in [-0.4, -0.2) is 29.2 Å². The normalized spacial score (nSPS) is 20.4. The van der Waals surface area contributed by atoms with Crippen molar-refractivity contribution in [3.05, 3.63) is 16.2 Å². The summed E-state index contributed by atoms with van der Waals surface area (Å²) in [5.74, 6) is 1.37. The Morgan fingerprint density at radius 3 is 3.10 bits per heavy atom. The molecule has 1 N–H and O–H groups in total. The standard InChI is InChI=1S/C14H18ClN3OS/c1-3-10-6-11-12(17-14(15)18-13(11)20-10)16-8(2)9-4-5-19-7-9/h6,8-9H,3-5,7H2,1-2H3,(H,16,17,18). The van der Waals surface area contributed by atoms with Crippen LogP contribution < -0.4 is 5.32 Å².